The second-order valence-corrected chi connectivity index (χ2v) is 7.83. The molecule has 1 aliphatic rings. The second-order valence-electron chi connectivity index (χ2n) is 7.83. The normalized spacial score (nSPS) is 19.8. The van der Waals surface area contributed by atoms with Crippen molar-refractivity contribution in [2.24, 2.45) is 10.4 Å². The molecule has 1 saturated heterocycles. The molecule has 7 heteroatoms. The molecule has 160 valence electrons. The van der Waals surface area contributed by atoms with E-state index in [0.29, 0.717) is 12.6 Å². The maximum atomic E-state index is 9.37. The van der Waals surface area contributed by atoms with E-state index in [1.54, 1.807) is 7.05 Å². The number of guanidine groups is 1. The molecule has 0 spiro atoms. The summed E-state index contributed by atoms with van der Waals surface area (Å²) < 4.78 is 5.56. The van der Waals surface area contributed by atoms with Crippen LogP contribution in [0.15, 0.2) is 29.3 Å². The molecule has 1 atom stereocenters. The zero-order chi connectivity index (χ0) is 19.7. The lowest BCUT2D eigenvalue weighted by molar-refractivity contribution is 0.127. The molecule has 28 heavy (non-hydrogen) atoms. The summed E-state index contributed by atoms with van der Waals surface area (Å²) in [5.41, 5.74) is 2.62. The summed E-state index contributed by atoms with van der Waals surface area (Å²) in [7, 11) is 3.94. The van der Waals surface area contributed by atoms with Gasteiger partial charge >= 0.3 is 0 Å². The van der Waals surface area contributed by atoms with Crippen molar-refractivity contribution in [3.05, 3.63) is 35.4 Å². The van der Waals surface area contributed by atoms with Crippen molar-refractivity contribution in [1.82, 2.24) is 15.5 Å². The topological polar surface area (TPSA) is 69.1 Å². The van der Waals surface area contributed by atoms with Gasteiger partial charge in [-0.05, 0) is 44.9 Å². The van der Waals surface area contributed by atoms with Gasteiger partial charge in [0.1, 0.15) is 0 Å². The highest BCUT2D eigenvalue weighted by atomic mass is 127. The zero-order valence-corrected chi connectivity index (χ0v) is 20.0. The Morgan fingerprint density at radius 1 is 1.29 bits per heavy atom. The minimum atomic E-state index is 0. The number of aliphatic hydroxyl groups is 1. The molecule has 0 aliphatic carbocycles. The van der Waals surface area contributed by atoms with Crippen LogP contribution < -0.4 is 10.6 Å². The van der Waals surface area contributed by atoms with Crippen LogP contribution in [0.2, 0.25) is 0 Å². The molecule has 0 aromatic heterocycles. The average Bonchev–Trinajstić information content (AvgIpc) is 3.12. The maximum absolute atomic E-state index is 9.37. The van der Waals surface area contributed by atoms with Gasteiger partial charge in [0.15, 0.2) is 5.96 Å². The quantitative estimate of drug-likeness (QED) is 0.274. The third-order valence-electron chi connectivity index (χ3n) is 5.55. The zero-order valence-electron chi connectivity index (χ0n) is 17.7. The summed E-state index contributed by atoms with van der Waals surface area (Å²) in [5, 5.41) is 16.2. The molecule has 1 aromatic carbocycles. The lowest BCUT2D eigenvalue weighted by Crippen LogP contribution is -2.44. The van der Waals surface area contributed by atoms with Crippen molar-refractivity contribution in [3.8, 4) is 0 Å². The fourth-order valence-corrected chi connectivity index (χ4v) is 3.32. The Balaban J connectivity index is 0.00000392. The number of rotatable bonds is 9. The number of aliphatic hydroxyl groups excluding tert-OH is 1. The molecular formula is C21H37IN4O2. The van der Waals surface area contributed by atoms with E-state index in [9.17, 15) is 5.11 Å². The van der Waals surface area contributed by atoms with Gasteiger partial charge < -0.3 is 20.5 Å². The van der Waals surface area contributed by atoms with Gasteiger partial charge in [0.25, 0.3) is 0 Å². The van der Waals surface area contributed by atoms with Crippen LogP contribution >= 0.6 is 24.0 Å². The number of halogens is 1. The first-order chi connectivity index (χ1) is 13.0. The van der Waals surface area contributed by atoms with Gasteiger partial charge in [0, 0.05) is 51.4 Å². The Hall–Kier alpha value is -0.900. The van der Waals surface area contributed by atoms with Gasteiger partial charge in [0.05, 0.1) is 6.61 Å². The van der Waals surface area contributed by atoms with E-state index in [0.717, 1.165) is 45.0 Å². The molecule has 1 heterocycles. The lowest BCUT2D eigenvalue weighted by Gasteiger charge is -2.28. The van der Waals surface area contributed by atoms with Crippen LogP contribution in [0.25, 0.3) is 0 Å². The number of aliphatic imine (C=N–C) groups is 1. The molecule has 6 nitrogen and oxygen atoms in total. The molecule has 0 bridgehead atoms. The average molecular weight is 504 g/mol. The number of nitrogens with zero attached hydrogens (tertiary/aromatic N) is 2. The van der Waals surface area contributed by atoms with Gasteiger partial charge in [-0.3, -0.25) is 9.89 Å². The summed E-state index contributed by atoms with van der Waals surface area (Å²) in [6, 6.07) is 9.05. The highest BCUT2D eigenvalue weighted by Gasteiger charge is 2.34. The van der Waals surface area contributed by atoms with Crippen LogP contribution in [-0.4, -0.2) is 62.5 Å². The highest BCUT2D eigenvalue weighted by Crippen LogP contribution is 2.31. The lowest BCUT2D eigenvalue weighted by atomic mass is 9.84. The van der Waals surface area contributed by atoms with Gasteiger partial charge in [-0.15, -0.1) is 24.0 Å². The first kappa shape index (κ1) is 25.1. The summed E-state index contributed by atoms with van der Waals surface area (Å²) in [4.78, 5) is 6.69. The SMILES string of the molecule is CN=C(NCc1ccccc1CN(C)C(C)C)NCC1(CCO)CCOC1.I. The first-order valence-electron chi connectivity index (χ1n) is 9.90. The van der Waals surface area contributed by atoms with Crippen LogP contribution in [0.5, 0.6) is 0 Å². The smallest absolute Gasteiger partial charge is 0.191 e. The molecule has 0 amide bonds. The van der Waals surface area contributed by atoms with Crippen molar-refractivity contribution < 1.29 is 9.84 Å². The Bertz CT molecular complexity index is 604. The van der Waals surface area contributed by atoms with Crippen LogP contribution in [0.3, 0.4) is 0 Å². The molecule has 1 aliphatic heterocycles. The molecule has 1 unspecified atom stereocenters. The van der Waals surface area contributed by atoms with Crippen LogP contribution in [0.4, 0.5) is 0 Å². The summed E-state index contributed by atoms with van der Waals surface area (Å²) >= 11 is 0. The monoisotopic (exact) mass is 504 g/mol. The largest absolute Gasteiger partial charge is 0.396 e. The maximum Gasteiger partial charge on any atom is 0.191 e. The van der Waals surface area contributed by atoms with E-state index in [4.69, 9.17) is 4.74 Å². The van der Waals surface area contributed by atoms with Gasteiger partial charge in [-0.2, -0.15) is 0 Å². The number of benzene rings is 1. The number of hydrogen-bond donors (Lipinski definition) is 3. The minimum absolute atomic E-state index is 0. The van der Waals surface area contributed by atoms with E-state index in [1.807, 2.05) is 0 Å². The van der Waals surface area contributed by atoms with Crippen molar-refractivity contribution >= 4 is 29.9 Å². The molecular weight excluding hydrogens is 467 g/mol. The van der Waals surface area contributed by atoms with Crippen LogP contribution in [0, 0.1) is 5.41 Å². The molecule has 1 fully saturated rings. The summed E-state index contributed by atoms with van der Waals surface area (Å²) in [6.45, 7) is 8.48. The van der Waals surface area contributed by atoms with Crippen molar-refractivity contribution in [1.29, 1.82) is 0 Å². The Kier molecular flexibility index (Phi) is 11.3. The second kappa shape index (κ2) is 12.6. The predicted molar refractivity (Wildman–Crippen MR) is 126 cm³/mol. The Morgan fingerprint density at radius 2 is 2.00 bits per heavy atom. The number of ether oxygens (including phenoxy) is 1. The Labute approximate surface area is 187 Å². The molecule has 3 N–H and O–H groups in total. The van der Waals surface area contributed by atoms with Gasteiger partial charge in [-0.25, -0.2) is 0 Å². The van der Waals surface area contributed by atoms with E-state index >= 15 is 0 Å². The third-order valence-corrected chi connectivity index (χ3v) is 5.55. The minimum Gasteiger partial charge on any atom is -0.396 e. The molecule has 0 saturated carbocycles. The van der Waals surface area contributed by atoms with Crippen LogP contribution in [0.1, 0.15) is 37.8 Å². The van der Waals surface area contributed by atoms with Gasteiger partial charge in [0.2, 0.25) is 0 Å². The summed E-state index contributed by atoms with van der Waals surface area (Å²) in [5.74, 6) is 0.784. The number of hydrogen-bond acceptors (Lipinski definition) is 4. The standard InChI is InChI=1S/C21H36N4O2.HI/c1-17(2)25(4)14-19-8-6-5-7-18(19)13-23-20(22-3)24-15-21(9-11-26)10-12-27-16-21;/h5-8,17,26H,9-16H2,1-4H3,(H2,22,23,24);1H. The highest BCUT2D eigenvalue weighted by molar-refractivity contribution is 14.0. The number of nitrogens with one attached hydrogen (secondary N) is 2. The summed E-state index contributed by atoms with van der Waals surface area (Å²) in [6.07, 6.45) is 1.73. The van der Waals surface area contributed by atoms with Crippen molar-refractivity contribution in [2.45, 2.75) is 45.8 Å². The first-order valence-corrected chi connectivity index (χ1v) is 9.90. The Morgan fingerprint density at radius 3 is 2.57 bits per heavy atom. The fourth-order valence-electron chi connectivity index (χ4n) is 3.32. The fraction of sp³-hybridized carbons (Fsp3) is 0.667. The van der Waals surface area contributed by atoms with E-state index in [-0.39, 0.29) is 36.0 Å². The van der Waals surface area contributed by atoms with E-state index < -0.39 is 0 Å². The van der Waals surface area contributed by atoms with Crippen LogP contribution in [-0.2, 0) is 17.8 Å². The van der Waals surface area contributed by atoms with Crippen molar-refractivity contribution in [2.75, 3.05) is 40.5 Å². The molecule has 2 rings (SSSR count). The van der Waals surface area contributed by atoms with E-state index in [2.05, 4.69) is 65.7 Å². The van der Waals surface area contributed by atoms with Gasteiger partial charge in [-0.1, -0.05) is 24.3 Å². The molecule has 1 aromatic rings. The molecule has 0 radical (unpaired) electrons. The third kappa shape index (κ3) is 7.50. The predicted octanol–water partition coefficient (Wildman–Crippen LogP) is 2.60. The van der Waals surface area contributed by atoms with E-state index in [1.165, 1.54) is 11.1 Å². The van der Waals surface area contributed by atoms with Crippen molar-refractivity contribution in [3.63, 3.8) is 0 Å².